The van der Waals surface area contributed by atoms with Gasteiger partial charge < -0.3 is 14.4 Å². The maximum atomic E-state index is 12.7. The fourth-order valence-electron chi connectivity index (χ4n) is 2.38. The molecule has 1 aromatic carbocycles. The van der Waals surface area contributed by atoms with Crippen LogP contribution in [0.1, 0.15) is 13.8 Å². The molecule has 0 N–H and O–H groups in total. The van der Waals surface area contributed by atoms with Gasteiger partial charge in [0, 0.05) is 18.9 Å². The van der Waals surface area contributed by atoms with Crippen LogP contribution in [-0.2, 0) is 30.4 Å². The van der Waals surface area contributed by atoms with Crippen molar-refractivity contribution in [2.24, 2.45) is 0 Å². The lowest BCUT2D eigenvalue weighted by Crippen LogP contribution is -2.40. The molecule has 146 valence electrons. The second-order valence-corrected chi connectivity index (χ2v) is 7.06. The van der Waals surface area contributed by atoms with E-state index in [0.717, 1.165) is 16.0 Å². The lowest BCUT2D eigenvalue weighted by Gasteiger charge is -2.22. The number of carbonyl (C=O) groups excluding carboxylic acids is 3. The maximum absolute atomic E-state index is 12.7. The average molecular weight is 415 g/mol. The van der Waals surface area contributed by atoms with Gasteiger partial charge in [0.2, 0.25) is 5.91 Å². The van der Waals surface area contributed by atoms with Crippen LogP contribution in [0.5, 0.6) is 0 Å². The molecule has 1 aromatic heterocycles. The highest BCUT2D eigenvalue weighted by molar-refractivity contribution is 7.16. The van der Waals surface area contributed by atoms with Crippen molar-refractivity contribution in [2.45, 2.75) is 20.4 Å². The molecule has 1 heterocycles. The second kappa shape index (κ2) is 9.52. The van der Waals surface area contributed by atoms with Crippen LogP contribution < -0.4 is 4.87 Å². The molecule has 0 radical (unpaired) electrons. The molecule has 0 bridgehead atoms. The number of esters is 2. The molecule has 10 heteroatoms. The first-order valence-corrected chi connectivity index (χ1v) is 9.30. The SMILES string of the molecule is CC(=O)OCCN(CCOC(C)=O)C(=O)Cn1c(=O)sc2ccc(Cl)cc21. The van der Waals surface area contributed by atoms with Crippen LogP contribution >= 0.6 is 22.9 Å². The number of nitrogens with zero attached hydrogens (tertiary/aromatic N) is 2. The number of hydrogen-bond donors (Lipinski definition) is 0. The average Bonchev–Trinajstić information content (AvgIpc) is 2.88. The van der Waals surface area contributed by atoms with Crippen molar-refractivity contribution in [3.05, 3.63) is 32.9 Å². The Hall–Kier alpha value is -2.39. The Morgan fingerprint density at radius 2 is 1.70 bits per heavy atom. The van der Waals surface area contributed by atoms with Crippen molar-refractivity contribution in [2.75, 3.05) is 26.3 Å². The summed E-state index contributed by atoms with van der Waals surface area (Å²) >= 11 is 7.02. The number of benzene rings is 1. The van der Waals surface area contributed by atoms with E-state index >= 15 is 0 Å². The van der Waals surface area contributed by atoms with Gasteiger partial charge in [-0.15, -0.1) is 0 Å². The highest BCUT2D eigenvalue weighted by Crippen LogP contribution is 2.21. The second-order valence-electron chi connectivity index (χ2n) is 5.63. The van der Waals surface area contributed by atoms with Crippen molar-refractivity contribution in [1.29, 1.82) is 0 Å². The number of rotatable bonds is 8. The topological polar surface area (TPSA) is 94.9 Å². The number of fused-ring (bicyclic) bond motifs is 1. The molecule has 0 fully saturated rings. The van der Waals surface area contributed by atoms with E-state index in [0.29, 0.717) is 10.5 Å². The van der Waals surface area contributed by atoms with Crippen LogP contribution in [0.3, 0.4) is 0 Å². The monoisotopic (exact) mass is 414 g/mol. The van der Waals surface area contributed by atoms with Crippen molar-refractivity contribution in [1.82, 2.24) is 9.47 Å². The molecule has 0 atom stereocenters. The van der Waals surface area contributed by atoms with Crippen LogP contribution in [0.4, 0.5) is 0 Å². The van der Waals surface area contributed by atoms with Gasteiger partial charge in [-0.25, -0.2) is 0 Å². The van der Waals surface area contributed by atoms with Gasteiger partial charge in [0.15, 0.2) is 0 Å². The van der Waals surface area contributed by atoms with Gasteiger partial charge in [0.05, 0.1) is 23.3 Å². The molecule has 0 aliphatic carbocycles. The van der Waals surface area contributed by atoms with Crippen molar-refractivity contribution < 1.29 is 23.9 Å². The van der Waals surface area contributed by atoms with E-state index in [1.807, 2.05) is 0 Å². The highest BCUT2D eigenvalue weighted by Gasteiger charge is 2.18. The Kier molecular flexibility index (Phi) is 7.37. The lowest BCUT2D eigenvalue weighted by molar-refractivity contribution is -0.145. The summed E-state index contributed by atoms with van der Waals surface area (Å²) < 4.78 is 11.8. The van der Waals surface area contributed by atoms with Gasteiger partial charge in [-0.05, 0) is 18.2 Å². The number of aromatic nitrogens is 1. The summed E-state index contributed by atoms with van der Waals surface area (Å²) in [6, 6.07) is 5.03. The predicted molar refractivity (Wildman–Crippen MR) is 101 cm³/mol. The normalized spacial score (nSPS) is 10.6. The molecule has 0 unspecified atom stereocenters. The largest absolute Gasteiger partial charge is 0.464 e. The van der Waals surface area contributed by atoms with Gasteiger partial charge in [-0.2, -0.15) is 0 Å². The first-order valence-electron chi connectivity index (χ1n) is 8.11. The Labute approximate surface area is 164 Å². The number of thiazole rings is 1. The molecule has 0 aliphatic rings. The minimum Gasteiger partial charge on any atom is -0.464 e. The molecule has 0 saturated heterocycles. The van der Waals surface area contributed by atoms with Crippen molar-refractivity contribution in [3.63, 3.8) is 0 Å². The maximum Gasteiger partial charge on any atom is 0.308 e. The van der Waals surface area contributed by atoms with Crippen LogP contribution in [0.15, 0.2) is 23.0 Å². The number of carbonyl (C=O) groups is 3. The van der Waals surface area contributed by atoms with E-state index in [1.165, 1.54) is 23.3 Å². The summed E-state index contributed by atoms with van der Waals surface area (Å²) in [5.41, 5.74) is 0.575. The third kappa shape index (κ3) is 6.07. The van der Waals surface area contributed by atoms with Crippen LogP contribution in [0, 0.1) is 0 Å². The van der Waals surface area contributed by atoms with Gasteiger partial charge in [-0.3, -0.25) is 23.7 Å². The molecular formula is C17H19ClN2O6S. The predicted octanol–water partition coefficient (Wildman–Crippen LogP) is 1.67. The number of amides is 1. The summed E-state index contributed by atoms with van der Waals surface area (Å²) in [6.07, 6.45) is 0. The molecule has 0 spiro atoms. The first kappa shape index (κ1) is 20.9. The van der Waals surface area contributed by atoms with Gasteiger partial charge in [-0.1, -0.05) is 22.9 Å². The molecule has 27 heavy (non-hydrogen) atoms. The smallest absolute Gasteiger partial charge is 0.308 e. The molecule has 2 aromatic rings. The Morgan fingerprint density at radius 1 is 1.11 bits per heavy atom. The fourth-order valence-corrected chi connectivity index (χ4v) is 3.42. The Bertz CT molecular complexity index is 886. The van der Waals surface area contributed by atoms with Gasteiger partial charge >= 0.3 is 16.8 Å². The molecular weight excluding hydrogens is 396 g/mol. The summed E-state index contributed by atoms with van der Waals surface area (Å²) in [5.74, 6) is -1.29. The highest BCUT2D eigenvalue weighted by atomic mass is 35.5. The van der Waals surface area contributed by atoms with Crippen LogP contribution in [0.2, 0.25) is 5.02 Å². The standard InChI is InChI=1S/C17H19ClN2O6S/c1-11(21)25-7-5-19(6-8-26-12(2)22)16(23)10-20-14-9-13(18)3-4-15(14)27-17(20)24/h3-4,9H,5-8,10H2,1-2H3. The zero-order chi connectivity index (χ0) is 20.0. The van der Waals surface area contributed by atoms with Crippen molar-refractivity contribution >= 4 is 51.0 Å². The lowest BCUT2D eigenvalue weighted by atomic mass is 10.3. The molecule has 0 aliphatic heterocycles. The van der Waals surface area contributed by atoms with E-state index < -0.39 is 11.9 Å². The molecule has 1 amide bonds. The van der Waals surface area contributed by atoms with Crippen molar-refractivity contribution in [3.8, 4) is 0 Å². The Balaban J connectivity index is 2.14. The quantitative estimate of drug-likeness (QED) is 0.610. The Morgan fingerprint density at radius 3 is 2.26 bits per heavy atom. The molecule has 8 nitrogen and oxygen atoms in total. The van der Waals surface area contributed by atoms with Gasteiger partial charge in [0.25, 0.3) is 0 Å². The zero-order valence-electron chi connectivity index (χ0n) is 14.9. The minimum absolute atomic E-state index is 0.00621. The molecule has 0 saturated carbocycles. The van der Waals surface area contributed by atoms with E-state index in [4.69, 9.17) is 21.1 Å². The summed E-state index contributed by atoms with van der Waals surface area (Å²) in [7, 11) is 0. The van der Waals surface area contributed by atoms with E-state index in [9.17, 15) is 19.2 Å². The molecule has 2 rings (SSSR count). The van der Waals surface area contributed by atoms with Gasteiger partial charge in [0.1, 0.15) is 19.8 Å². The third-order valence-corrected chi connectivity index (χ3v) is 4.80. The number of ether oxygens (including phenoxy) is 2. The number of hydrogen-bond acceptors (Lipinski definition) is 7. The third-order valence-electron chi connectivity index (χ3n) is 3.61. The number of halogens is 1. The minimum atomic E-state index is -0.461. The summed E-state index contributed by atoms with van der Waals surface area (Å²) in [5, 5.41) is 0.461. The van der Waals surface area contributed by atoms with Crippen LogP contribution in [0.25, 0.3) is 10.2 Å². The fraction of sp³-hybridized carbons (Fsp3) is 0.412. The summed E-state index contributed by atoms with van der Waals surface area (Å²) in [4.78, 5) is 47.9. The van der Waals surface area contributed by atoms with E-state index in [2.05, 4.69) is 0 Å². The summed E-state index contributed by atoms with van der Waals surface area (Å²) in [6.45, 7) is 2.60. The van der Waals surface area contributed by atoms with Crippen LogP contribution in [-0.4, -0.2) is 53.6 Å². The van der Waals surface area contributed by atoms with E-state index in [-0.39, 0.29) is 43.6 Å². The van der Waals surface area contributed by atoms with E-state index in [1.54, 1.807) is 18.2 Å². The zero-order valence-corrected chi connectivity index (χ0v) is 16.5. The first-order chi connectivity index (χ1) is 12.8.